The average molecular weight is 266 g/mol. The summed E-state index contributed by atoms with van der Waals surface area (Å²) < 4.78 is 0. The molecule has 0 amide bonds. The molecule has 0 saturated carbocycles. The van der Waals surface area contributed by atoms with Gasteiger partial charge in [-0.1, -0.05) is 36.4 Å². The quantitative estimate of drug-likeness (QED) is 0.895. The van der Waals surface area contributed by atoms with E-state index < -0.39 is 6.10 Å². The van der Waals surface area contributed by atoms with Crippen molar-refractivity contribution in [3.63, 3.8) is 0 Å². The fourth-order valence-corrected chi connectivity index (χ4v) is 2.24. The molecule has 3 heteroatoms. The first-order valence-electron chi connectivity index (χ1n) is 6.70. The van der Waals surface area contributed by atoms with Gasteiger partial charge in [0.05, 0.1) is 18.6 Å². The van der Waals surface area contributed by atoms with E-state index in [2.05, 4.69) is 11.0 Å². The number of aliphatic hydroxyl groups excluding tert-OH is 1. The molecule has 0 aromatic heterocycles. The van der Waals surface area contributed by atoms with Crippen molar-refractivity contribution < 1.29 is 5.11 Å². The van der Waals surface area contributed by atoms with Crippen LogP contribution in [0.1, 0.15) is 25.0 Å². The molecule has 0 spiro atoms. The Morgan fingerprint density at radius 2 is 1.75 bits per heavy atom. The molecule has 0 aliphatic rings. The molecule has 0 radical (unpaired) electrons. The third-order valence-corrected chi connectivity index (χ3v) is 3.19. The van der Waals surface area contributed by atoms with E-state index in [1.54, 1.807) is 6.92 Å². The van der Waals surface area contributed by atoms with Gasteiger partial charge in [-0.25, -0.2) is 0 Å². The molecule has 102 valence electrons. The molecule has 1 atom stereocenters. The maximum Gasteiger partial charge on any atom is 0.0782 e. The zero-order chi connectivity index (χ0) is 14.4. The van der Waals surface area contributed by atoms with Gasteiger partial charge < -0.3 is 10.0 Å². The van der Waals surface area contributed by atoms with Crippen LogP contribution in [0.3, 0.4) is 0 Å². The van der Waals surface area contributed by atoms with Crippen molar-refractivity contribution in [2.45, 2.75) is 19.4 Å². The molecule has 0 aliphatic heterocycles. The predicted molar refractivity (Wildman–Crippen MR) is 80.8 cm³/mol. The number of anilines is 2. The number of hydrogen-bond donors (Lipinski definition) is 1. The summed E-state index contributed by atoms with van der Waals surface area (Å²) in [6, 6.07) is 19.9. The highest BCUT2D eigenvalue weighted by atomic mass is 16.3. The lowest BCUT2D eigenvalue weighted by molar-refractivity contribution is 0.199. The lowest BCUT2D eigenvalue weighted by atomic mass is 10.1. The van der Waals surface area contributed by atoms with Gasteiger partial charge in [-0.05, 0) is 25.1 Å². The van der Waals surface area contributed by atoms with E-state index in [0.717, 1.165) is 16.9 Å². The van der Waals surface area contributed by atoms with Gasteiger partial charge in [-0.3, -0.25) is 0 Å². The van der Waals surface area contributed by atoms with Crippen LogP contribution in [0.4, 0.5) is 11.4 Å². The van der Waals surface area contributed by atoms with Crippen molar-refractivity contribution in [1.29, 1.82) is 5.26 Å². The molecule has 2 rings (SSSR count). The van der Waals surface area contributed by atoms with Crippen LogP contribution in [0, 0.1) is 11.3 Å². The normalized spacial score (nSPS) is 11.7. The van der Waals surface area contributed by atoms with Crippen molar-refractivity contribution in [3.05, 3.63) is 60.2 Å². The number of hydrogen-bond acceptors (Lipinski definition) is 3. The minimum atomic E-state index is -0.542. The summed E-state index contributed by atoms with van der Waals surface area (Å²) in [6.45, 7) is 2.36. The molecule has 0 aliphatic carbocycles. The highest BCUT2D eigenvalue weighted by molar-refractivity contribution is 5.66. The summed E-state index contributed by atoms with van der Waals surface area (Å²) in [5, 5.41) is 18.8. The molecule has 1 N–H and O–H groups in total. The second kappa shape index (κ2) is 6.74. The third-order valence-electron chi connectivity index (χ3n) is 3.19. The zero-order valence-electron chi connectivity index (χ0n) is 11.5. The Hall–Kier alpha value is -2.31. The minimum Gasteiger partial charge on any atom is -0.389 e. The Morgan fingerprint density at radius 3 is 2.40 bits per heavy atom. The number of nitrogens with zero attached hydrogens (tertiary/aromatic N) is 2. The Labute approximate surface area is 119 Å². The van der Waals surface area contributed by atoms with Gasteiger partial charge in [0.2, 0.25) is 0 Å². The Balaban J connectivity index is 2.45. The second-order valence-corrected chi connectivity index (χ2v) is 4.63. The van der Waals surface area contributed by atoms with Crippen LogP contribution in [-0.4, -0.2) is 11.7 Å². The molecule has 2 aromatic rings. The fourth-order valence-electron chi connectivity index (χ4n) is 2.24. The summed E-state index contributed by atoms with van der Waals surface area (Å²) in [5.41, 5.74) is 2.84. The molecule has 0 saturated heterocycles. The molecular formula is C17H18N2O. The first-order chi connectivity index (χ1) is 9.74. The summed E-state index contributed by atoms with van der Waals surface area (Å²) in [4.78, 5) is 2.07. The Bertz CT molecular complexity index is 587. The van der Waals surface area contributed by atoms with E-state index in [-0.39, 0.29) is 0 Å². The SMILES string of the molecule is C[C@@H](O)c1ccccc1N(CCC#N)c1ccccc1. The number of rotatable bonds is 5. The van der Waals surface area contributed by atoms with E-state index in [1.807, 2.05) is 54.6 Å². The number of benzene rings is 2. The van der Waals surface area contributed by atoms with Gasteiger partial charge in [0, 0.05) is 23.5 Å². The van der Waals surface area contributed by atoms with Crippen LogP contribution in [0.2, 0.25) is 0 Å². The predicted octanol–water partition coefficient (Wildman–Crippen LogP) is 3.79. The number of aliphatic hydroxyl groups is 1. The highest BCUT2D eigenvalue weighted by Gasteiger charge is 2.15. The van der Waals surface area contributed by atoms with Crippen molar-refractivity contribution >= 4 is 11.4 Å². The first kappa shape index (κ1) is 14.1. The van der Waals surface area contributed by atoms with Gasteiger partial charge in [0.25, 0.3) is 0 Å². The monoisotopic (exact) mass is 266 g/mol. The molecule has 0 fully saturated rings. The van der Waals surface area contributed by atoms with Crippen LogP contribution < -0.4 is 4.90 Å². The number of para-hydroxylation sites is 2. The van der Waals surface area contributed by atoms with Gasteiger partial charge in [0.15, 0.2) is 0 Å². The lowest BCUT2D eigenvalue weighted by Crippen LogP contribution is -2.20. The minimum absolute atomic E-state index is 0.434. The highest BCUT2D eigenvalue weighted by Crippen LogP contribution is 2.31. The Morgan fingerprint density at radius 1 is 1.10 bits per heavy atom. The Kier molecular flexibility index (Phi) is 4.75. The van der Waals surface area contributed by atoms with Gasteiger partial charge in [-0.2, -0.15) is 5.26 Å². The molecule has 20 heavy (non-hydrogen) atoms. The van der Waals surface area contributed by atoms with Crippen LogP contribution in [0.25, 0.3) is 0 Å². The topological polar surface area (TPSA) is 47.3 Å². The maximum atomic E-state index is 9.93. The maximum absolute atomic E-state index is 9.93. The van der Waals surface area contributed by atoms with Crippen molar-refractivity contribution in [3.8, 4) is 6.07 Å². The van der Waals surface area contributed by atoms with Crippen molar-refractivity contribution in [2.75, 3.05) is 11.4 Å². The van der Waals surface area contributed by atoms with Gasteiger partial charge >= 0.3 is 0 Å². The molecule has 0 bridgehead atoms. The molecule has 2 aromatic carbocycles. The van der Waals surface area contributed by atoms with E-state index in [1.165, 1.54) is 0 Å². The molecule has 0 unspecified atom stereocenters. The molecule has 3 nitrogen and oxygen atoms in total. The smallest absolute Gasteiger partial charge is 0.0782 e. The summed E-state index contributed by atoms with van der Waals surface area (Å²) in [6.07, 6.45) is -0.109. The van der Waals surface area contributed by atoms with Crippen LogP contribution in [0.15, 0.2) is 54.6 Å². The van der Waals surface area contributed by atoms with Crippen LogP contribution >= 0.6 is 0 Å². The van der Waals surface area contributed by atoms with Crippen LogP contribution in [0.5, 0.6) is 0 Å². The van der Waals surface area contributed by atoms with E-state index in [9.17, 15) is 5.11 Å². The van der Waals surface area contributed by atoms with Crippen molar-refractivity contribution in [2.24, 2.45) is 0 Å². The van der Waals surface area contributed by atoms with E-state index in [0.29, 0.717) is 13.0 Å². The van der Waals surface area contributed by atoms with Crippen LogP contribution in [-0.2, 0) is 0 Å². The summed E-state index contributed by atoms with van der Waals surface area (Å²) in [5.74, 6) is 0. The zero-order valence-corrected chi connectivity index (χ0v) is 11.5. The van der Waals surface area contributed by atoms with Crippen molar-refractivity contribution in [1.82, 2.24) is 0 Å². The van der Waals surface area contributed by atoms with E-state index in [4.69, 9.17) is 5.26 Å². The second-order valence-electron chi connectivity index (χ2n) is 4.63. The third kappa shape index (κ3) is 3.17. The molecular weight excluding hydrogens is 248 g/mol. The molecule has 0 heterocycles. The fraction of sp³-hybridized carbons (Fsp3) is 0.235. The largest absolute Gasteiger partial charge is 0.389 e. The first-order valence-corrected chi connectivity index (χ1v) is 6.70. The standard InChI is InChI=1S/C17H18N2O/c1-14(20)16-10-5-6-11-17(16)19(13-7-12-18)15-8-3-2-4-9-15/h2-6,8-11,14,20H,7,13H2,1H3/t14-/m1/s1. The van der Waals surface area contributed by atoms with Gasteiger partial charge in [-0.15, -0.1) is 0 Å². The summed E-state index contributed by atoms with van der Waals surface area (Å²) in [7, 11) is 0. The van der Waals surface area contributed by atoms with E-state index >= 15 is 0 Å². The average Bonchev–Trinajstić information content (AvgIpc) is 2.49. The summed E-state index contributed by atoms with van der Waals surface area (Å²) >= 11 is 0. The lowest BCUT2D eigenvalue weighted by Gasteiger charge is -2.27. The van der Waals surface area contributed by atoms with Gasteiger partial charge in [0.1, 0.15) is 0 Å². The number of nitriles is 1.